The Morgan fingerprint density at radius 1 is 1.08 bits per heavy atom. The molecule has 0 saturated carbocycles. The molecule has 138 valence electrons. The van der Waals surface area contributed by atoms with Crippen molar-refractivity contribution in [3.63, 3.8) is 0 Å². The molecule has 0 aromatic heterocycles. The van der Waals surface area contributed by atoms with Crippen LogP contribution in [0.2, 0.25) is 0 Å². The summed E-state index contributed by atoms with van der Waals surface area (Å²) in [6.45, 7) is 5.55. The summed E-state index contributed by atoms with van der Waals surface area (Å²) in [6, 6.07) is 10.4. The second kappa shape index (κ2) is 10.2. The number of benzene rings is 1. The summed E-state index contributed by atoms with van der Waals surface area (Å²) in [7, 11) is 4.01. The average molecular weight is 346 g/mol. The summed E-state index contributed by atoms with van der Waals surface area (Å²) >= 11 is 0. The molecule has 1 saturated heterocycles. The highest BCUT2D eigenvalue weighted by Gasteiger charge is 2.22. The maximum atomic E-state index is 12.3. The third kappa shape index (κ3) is 7.23. The predicted octanol–water partition coefficient (Wildman–Crippen LogP) is 0.789. The normalized spacial score (nSPS) is 15.4. The number of rotatable bonds is 8. The Bertz CT molecular complexity index is 540. The van der Waals surface area contributed by atoms with Crippen molar-refractivity contribution in [1.29, 1.82) is 0 Å². The van der Waals surface area contributed by atoms with E-state index in [1.54, 1.807) is 4.90 Å². The number of amides is 2. The second-order valence-corrected chi connectivity index (χ2v) is 6.83. The van der Waals surface area contributed by atoms with Gasteiger partial charge in [-0.25, -0.2) is 0 Å². The lowest BCUT2D eigenvalue weighted by molar-refractivity contribution is -0.137. The van der Waals surface area contributed by atoms with Gasteiger partial charge in [0.1, 0.15) is 6.42 Å². The molecule has 2 amide bonds. The standard InChI is InChI=1S/C19H30N4O2/c1-21(2)10-6-9-20-18(24)15-19(25)23-13-11-22(12-14-23)16-17-7-4-3-5-8-17/h3-5,7-8H,6,9-16H2,1-2H3,(H,20,24). The Balaban J connectivity index is 1.64. The smallest absolute Gasteiger partial charge is 0.232 e. The van der Waals surface area contributed by atoms with Crippen molar-refractivity contribution in [1.82, 2.24) is 20.0 Å². The highest BCUT2D eigenvalue weighted by atomic mass is 16.2. The molecule has 1 heterocycles. The number of nitrogens with zero attached hydrogens (tertiary/aromatic N) is 3. The molecule has 1 aromatic rings. The SMILES string of the molecule is CN(C)CCCNC(=O)CC(=O)N1CCN(Cc2ccccc2)CC1. The van der Waals surface area contributed by atoms with Gasteiger partial charge in [-0.3, -0.25) is 14.5 Å². The molecule has 1 aliphatic heterocycles. The lowest BCUT2D eigenvalue weighted by Crippen LogP contribution is -2.49. The molecule has 25 heavy (non-hydrogen) atoms. The van der Waals surface area contributed by atoms with Gasteiger partial charge in [-0.1, -0.05) is 30.3 Å². The van der Waals surface area contributed by atoms with Crippen LogP contribution in [0.25, 0.3) is 0 Å². The maximum Gasteiger partial charge on any atom is 0.232 e. The minimum Gasteiger partial charge on any atom is -0.356 e. The molecule has 0 unspecified atom stereocenters. The highest BCUT2D eigenvalue weighted by Crippen LogP contribution is 2.09. The average Bonchev–Trinajstić information content (AvgIpc) is 2.60. The van der Waals surface area contributed by atoms with Crippen LogP contribution >= 0.6 is 0 Å². The summed E-state index contributed by atoms with van der Waals surface area (Å²) in [5.74, 6) is -0.236. The molecular formula is C19H30N4O2. The third-order valence-electron chi connectivity index (χ3n) is 4.39. The summed E-state index contributed by atoms with van der Waals surface area (Å²) < 4.78 is 0. The van der Waals surface area contributed by atoms with Gasteiger partial charge in [0.15, 0.2) is 0 Å². The summed E-state index contributed by atoms with van der Waals surface area (Å²) in [6.07, 6.45) is 0.853. The van der Waals surface area contributed by atoms with Gasteiger partial charge in [-0.15, -0.1) is 0 Å². The quantitative estimate of drug-likeness (QED) is 0.559. The molecule has 1 fully saturated rings. The lowest BCUT2D eigenvalue weighted by atomic mass is 10.2. The molecule has 0 spiro atoms. The summed E-state index contributed by atoms with van der Waals surface area (Å²) in [4.78, 5) is 30.3. The minimum absolute atomic E-state index is 0.0410. The monoisotopic (exact) mass is 346 g/mol. The lowest BCUT2D eigenvalue weighted by Gasteiger charge is -2.34. The first-order valence-electron chi connectivity index (χ1n) is 9.00. The molecular weight excluding hydrogens is 316 g/mol. The number of piperazine rings is 1. The van der Waals surface area contributed by atoms with Crippen LogP contribution in [0.1, 0.15) is 18.4 Å². The first kappa shape index (κ1) is 19.4. The van der Waals surface area contributed by atoms with Crippen molar-refractivity contribution < 1.29 is 9.59 Å². The van der Waals surface area contributed by atoms with Crippen molar-refractivity contribution in [2.75, 3.05) is 53.4 Å². The summed E-state index contributed by atoms with van der Waals surface area (Å²) in [5.41, 5.74) is 1.29. The fourth-order valence-electron chi connectivity index (χ4n) is 2.93. The van der Waals surface area contributed by atoms with Crippen LogP contribution in [0.3, 0.4) is 0 Å². The maximum absolute atomic E-state index is 12.3. The molecule has 1 aromatic carbocycles. The van der Waals surface area contributed by atoms with Gasteiger partial charge < -0.3 is 15.1 Å². The Kier molecular flexibility index (Phi) is 7.88. The Morgan fingerprint density at radius 3 is 2.40 bits per heavy atom. The number of carbonyl (C=O) groups excluding carboxylic acids is 2. The van der Waals surface area contributed by atoms with E-state index in [4.69, 9.17) is 0 Å². The number of hydrogen-bond acceptors (Lipinski definition) is 4. The third-order valence-corrected chi connectivity index (χ3v) is 4.39. The fourth-order valence-corrected chi connectivity index (χ4v) is 2.93. The molecule has 1 aliphatic rings. The molecule has 0 bridgehead atoms. The predicted molar refractivity (Wildman–Crippen MR) is 99.1 cm³/mol. The number of hydrogen-bond donors (Lipinski definition) is 1. The van der Waals surface area contributed by atoms with Gasteiger partial charge in [0.05, 0.1) is 0 Å². The van der Waals surface area contributed by atoms with Crippen LogP contribution in [-0.4, -0.2) is 79.9 Å². The van der Waals surface area contributed by atoms with Crippen molar-refractivity contribution in [2.45, 2.75) is 19.4 Å². The van der Waals surface area contributed by atoms with Crippen LogP contribution in [0.4, 0.5) is 0 Å². The van der Waals surface area contributed by atoms with Crippen LogP contribution in [0, 0.1) is 0 Å². The van der Waals surface area contributed by atoms with Gasteiger partial charge in [0.25, 0.3) is 0 Å². The first-order chi connectivity index (χ1) is 12.0. The Hall–Kier alpha value is -1.92. The van der Waals surface area contributed by atoms with E-state index in [0.717, 1.165) is 32.6 Å². The van der Waals surface area contributed by atoms with E-state index in [1.165, 1.54) is 5.56 Å². The fraction of sp³-hybridized carbons (Fsp3) is 0.579. The van der Waals surface area contributed by atoms with Crippen LogP contribution in [0.15, 0.2) is 30.3 Å². The van der Waals surface area contributed by atoms with Crippen LogP contribution in [-0.2, 0) is 16.1 Å². The van der Waals surface area contributed by atoms with Crippen molar-refractivity contribution in [2.24, 2.45) is 0 Å². The van der Waals surface area contributed by atoms with Crippen molar-refractivity contribution >= 4 is 11.8 Å². The van der Waals surface area contributed by atoms with Crippen molar-refractivity contribution in [3.05, 3.63) is 35.9 Å². The highest BCUT2D eigenvalue weighted by molar-refractivity contribution is 5.96. The molecule has 1 N–H and O–H groups in total. The molecule has 2 rings (SSSR count). The van der Waals surface area contributed by atoms with Gasteiger partial charge >= 0.3 is 0 Å². The van der Waals surface area contributed by atoms with E-state index < -0.39 is 0 Å². The Labute approximate surface area is 150 Å². The molecule has 6 heteroatoms. The van der Waals surface area contributed by atoms with E-state index in [9.17, 15) is 9.59 Å². The molecule has 0 atom stereocenters. The van der Waals surface area contributed by atoms with E-state index in [2.05, 4.69) is 27.2 Å². The van der Waals surface area contributed by atoms with E-state index >= 15 is 0 Å². The summed E-state index contributed by atoms with van der Waals surface area (Å²) in [5, 5.41) is 2.83. The zero-order valence-corrected chi connectivity index (χ0v) is 15.4. The van der Waals surface area contributed by atoms with E-state index in [-0.39, 0.29) is 18.2 Å². The van der Waals surface area contributed by atoms with Crippen molar-refractivity contribution in [3.8, 4) is 0 Å². The second-order valence-electron chi connectivity index (χ2n) is 6.83. The molecule has 0 aliphatic carbocycles. The number of carbonyl (C=O) groups is 2. The van der Waals surface area contributed by atoms with Gasteiger partial charge in [-0.2, -0.15) is 0 Å². The van der Waals surface area contributed by atoms with Crippen LogP contribution < -0.4 is 5.32 Å². The molecule has 0 radical (unpaired) electrons. The Morgan fingerprint density at radius 2 is 1.76 bits per heavy atom. The van der Waals surface area contributed by atoms with Gasteiger partial charge in [-0.05, 0) is 32.6 Å². The largest absolute Gasteiger partial charge is 0.356 e. The molecule has 6 nitrogen and oxygen atoms in total. The van der Waals surface area contributed by atoms with E-state index in [1.807, 2.05) is 32.3 Å². The van der Waals surface area contributed by atoms with E-state index in [0.29, 0.717) is 19.6 Å². The minimum atomic E-state index is -0.171. The first-order valence-corrected chi connectivity index (χ1v) is 9.00. The number of nitrogens with one attached hydrogen (secondary N) is 1. The topological polar surface area (TPSA) is 55.9 Å². The zero-order valence-electron chi connectivity index (χ0n) is 15.4. The van der Waals surface area contributed by atoms with Crippen LogP contribution in [0.5, 0.6) is 0 Å². The van der Waals surface area contributed by atoms with Gasteiger partial charge in [0, 0.05) is 39.3 Å². The van der Waals surface area contributed by atoms with Gasteiger partial charge in [0.2, 0.25) is 11.8 Å². The zero-order chi connectivity index (χ0) is 18.1.